The van der Waals surface area contributed by atoms with Gasteiger partial charge in [-0.1, -0.05) is 31.6 Å². The van der Waals surface area contributed by atoms with E-state index in [-0.39, 0.29) is 47.1 Å². The first-order chi connectivity index (χ1) is 10.5. The molecule has 0 aromatic rings. The monoisotopic (exact) mass is 298 g/mol. The average molecular weight is 298 g/mol. The Hall–Kier alpha value is -1.52. The fraction of sp³-hybridized carbons (Fsp3) is 0.556. The van der Waals surface area contributed by atoms with Crippen molar-refractivity contribution in [3.05, 3.63) is 35.5 Å². The van der Waals surface area contributed by atoms with Crippen molar-refractivity contribution in [1.82, 2.24) is 0 Å². The van der Waals surface area contributed by atoms with E-state index >= 15 is 0 Å². The van der Waals surface area contributed by atoms with E-state index in [1.165, 1.54) is 5.57 Å². The minimum Gasteiger partial charge on any atom is -0.362 e. The lowest BCUT2D eigenvalue weighted by Crippen LogP contribution is -2.48. The van der Waals surface area contributed by atoms with Crippen LogP contribution in [-0.2, 0) is 19.1 Å². The number of carbonyl (C=O) groups excluding carboxylic acids is 2. The lowest BCUT2D eigenvalue weighted by Gasteiger charge is -2.45. The van der Waals surface area contributed by atoms with Crippen LogP contribution in [0, 0.1) is 17.3 Å². The lowest BCUT2D eigenvalue weighted by atomic mass is 9.68. The smallest absolute Gasteiger partial charge is 0.188 e. The molecule has 1 fully saturated rings. The van der Waals surface area contributed by atoms with Crippen molar-refractivity contribution in [3.8, 4) is 0 Å². The van der Waals surface area contributed by atoms with Gasteiger partial charge in [0.25, 0.3) is 0 Å². The summed E-state index contributed by atoms with van der Waals surface area (Å²) in [5, 5.41) is 0. The highest BCUT2D eigenvalue weighted by molar-refractivity contribution is 5.98. The summed E-state index contributed by atoms with van der Waals surface area (Å²) in [7, 11) is 0. The van der Waals surface area contributed by atoms with E-state index in [2.05, 4.69) is 13.8 Å². The molecule has 5 rings (SSSR count). The molecule has 22 heavy (non-hydrogen) atoms. The second-order valence-electron chi connectivity index (χ2n) is 7.54. The molecule has 6 atom stereocenters. The van der Waals surface area contributed by atoms with Crippen LogP contribution in [0.3, 0.4) is 0 Å². The zero-order valence-electron chi connectivity index (χ0n) is 12.6. The lowest BCUT2D eigenvalue weighted by molar-refractivity contribution is -0.133. The van der Waals surface area contributed by atoms with Gasteiger partial charge in [0.2, 0.25) is 0 Å². The molecule has 114 valence electrons. The summed E-state index contributed by atoms with van der Waals surface area (Å²) in [4.78, 5) is 24.5. The van der Waals surface area contributed by atoms with Gasteiger partial charge in [0.15, 0.2) is 11.6 Å². The quantitative estimate of drug-likeness (QED) is 0.639. The van der Waals surface area contributed by atoms with Crippen molar-refractivity contribution in [2.24, 2.45) is 17.3 Å². The molecule has 0 N–H and O–H groups in total. The van der Waals surface area contributed by atoms with Gasteiger partial charge in [0, 0.05) is 17.3 Å². The maximum atomic E-state index is 12.2. The zero-order chi connectivity index (χ0) is 15.2. The van der Waals surface area contributed by atoms with E-state index in [1.54, 1.807) is 12.2 Å². The summed E-state index contributed by atoms with van der Waals surface area (Å²) in [6, 6.07) is 0. The van der Waals surface area contributed by atoms with Crippen LogP contribution in [0.25, 0.3) is 0 Å². The Morgan fingerprint density at radius 3 is 2.68 bits per heavy atom. The molecular weight excluding hydrogens is 280 g/mol. The third-order valence-corrected chi connectivity index (χ3v) is 6.08. The van der Waals surface area contributed by atoms with Crippen LogP contribution in [0.15, 0.2) is 35.5 Å². The molecule has 2 unspecified atom stereocenters. The van der Waals surface area contributed by atoms with Gasteiger partial charge in [-0.2, -0.15) is 0 Å². The molecular formula is C18H18O4. The summed E-state index contributed by atoms with van der Waals surface area (Å²) < 4.78 is 12.0. The molecule has 0 radical (unpaired) electrons. The predicted octanol–water partition coefficient (Wildman–Crippen LogP) is 1.76. The fourth-order valence-corrected chi connectivity index (χ4v) is 5.12. The van der Waals surface area contributed by atoms with Crippen LogP contribution in [-0.4, -0.2) is 36.0 Å². The minimum absolute atomic E-state index is 0.00276. The van der Waals surface area contributed by atoms with Crippen LogP contribution in [0.4, 0.5) is 0 Å². The highest BCUT2D eigenvalue weighted by Gasteiger charge is 2.60. The molecule has 0 amide bonds. The first kappa shape index (κ1) is 13.0. The topological polar surface area (TPSA) is 52.6 Å². The van der Waals surface area contributed by atoms with E-state index in [0.717, 1.165) is 12.0 Å². The maximum absolute atomic E-state index is 12.2. The molecule has 0 saturated carbocycles. The van der Waals surface area contributed by atoms with Crippen LogP contribution < -0.4 is 0 Å². The molecule has 1 saturated heterocycles. The van der Waals surface area contributed by atoms with Crippen molar-refractivity contribution in [3.63, 3.8) is 0 Å². The van der Waals surface area contributed by atoms with Crippen molar-refractivity contribution < 1.29 is 19.1 Å². The molecule has 4 heteroatoms. The van der Waals surface area contributed by atoms with Gasteiger partial charge in [0.05, 0.1) is 12.2 Å². The molecule has 4 nitrogen and oxygen atoms in total. The maximum Gasteiger partial charge on any atom is 0.188 e. The number of hydrogen-bond acceptors (Lipinski definition) is 4. The molecule has 4 bridgehead atoms. The van der Waals surface area contributed by atoms with Crippen molar-refractivity contribution in [2.75, 3.05) is 0 Å². The molecule has 1 aliphatic carbocycles. The summed E-state index contributed by atoms with van der Waals surface area (Å²) in [5.74, 6) is 0.470. The second kappa shape index (κ2) is 3.87. The van der Waals surface area contributed by atoms with Gasteiger partial charge < -0.3 is 9.47 Å². The first-order valence-electron chi connectivity index (χ1n) is 7.97. The average Bonchev–Trinajstić information content (AvgIpc) is 2.99. The third kappa shape index (κ3) is 1.36. The number of ketones is 2. The minimum atomic E-state index is -0.441. The largest absolute Gasteiger partial charge is 0.362 e. The van der Waals surface area contributed by atoms with E-state index in [9.17, 15) is 9.59 Å². The molecule has 0 aromatic carbocycles. The highest BCUT2D eigenvalue weighted by atomic mass is 16.5. The number of ether oxygens (including phenoxy) is 2. The standard InChI is InChI=1S/C18H18O4/c1-18(2)13-6-4-10(19)16(22-13)9-7-8-12-5-3-11(20)17(21-12)14(8)15(9)18/h3-6,8,12-14,16-17H,7H2,1-2H3/t8?,12-,13+,14?,16+,17+/m0/s1. The number of rotatable bonds is 0. The Labute approximate surface area is 128 Å². The predicted molar refractivity (Wildman–Crippen MR) is 78.0 cm³/mol. The molecule has 4 aliphatic heterocycles. The van der Waals surface area contributed by atoms with Crippen molar-refractivity contribution in [1.29, 1.82) is 0 Å². The van der Waals surface area contributed by atoms with Crippen molar-refractivity contribution >= 4 is 11.6 Å². The summed E-state index contributed by atoms with van der Waals surface area (Å²) >= 11 is 0. The Bertz CT molecular complexity index is 696. The number of fused-ring (bicyclic) bond motifs is 9. The Morgan fingerprint density at radius 1 is 1.09 bits per heavy atom. The van der Waals surface area contributed by atoms with Gasteiger partial charge >= 0.3 is 0 Å². The van der Waals surface area contributed by atoms with E-state index in [4.69, 9.17) is 9.47 Å². The fourth-order valence-electron chi connectivity index (χ4n) is 5.12. The molecule has 5 aliphatic rings. The van der Waals surface area contributed by atoms with Crippen LogP contribution >= 0.6 is 0 Å². The van der Waals surface area contributed by atoms with Crippen LogP contribution in [0.5, 0.6) is 0 Å². The normalized spacial score (nSPS) is 47.0. The summed E-state index contributed by atoms with van der Waals surface area (Å²) in [6.45, 7) is 4.32. The van der Waals surface area contributed by atoms with Gasteiger partial charge in [-0.15, -0.1) is 0 Å². The van der Waals surface area contributed by atoms with Gasteiger partial charge in [-0.3, -0.25) is 9.59 Å². The molecule has 0 spiro atoms. The summed E-state index contributed by atoms with van der Waals surface area (Å²) in [5.41, 5.74) is 2.16. The van der Waals surface area contributed by atoms with Gasteiger partial charge in [-0.05, 0) is 24.1 Å². The zero-order valence-corrected chi connectivity index (χ0v) is 12.6. The number of carbonyl (C=O) groups is 2. The van der Waals surface area contributed by atoms with Crippen LogP contribution in [0.2, 0.25) is 0 Å². The number of hydrogen-bond donors (Lipinski definition) is 0. The van der Waals surface area contributed by atoms with Crippen LogP contribution in [0.1, 0.15) is 20.3 Å². The molecule has 0 aromatic heterocycles. The first-order valence-corrected chi connectivity index (χ1v) is 7.97. The Morgan fingerprint density at radius 2 is 1.86 bits per heavy atom. The highest BCUT2D eigenvalue weighted by Crippen LogP contribution is 2.59. The third-order valence-electron chi connectivity index (χ3n) is 6.08. The SMILES string of the molecule is CC1(C)C2=C(CC3C2[C@@H]2O[C@H]3C=CC2=O)[C@H]2O[C@@H]1C=CC2=O. The van der Waals surface area contributed by atoms with Gasteiger partial charge in [-0.25, -0.2) is 0 Å². The Kier molecular flexibility index (Phi) is 2.28. The Balaban J connectivity index is 1.68. The summed E-state index contributed by atoms with van der Waals surface area (Å²) in [6.07, 6.45) is 7.00. The van der Waals surface area contributed by atoms with E-state index in [1.807, 2.05) is 12.2 Å². The van der Waals surface area contributed by atoms with E-state index in [0.29, 0.717) is 0 Å². The van der Waals surface area contributed by atoms with E-state index < -0.39 is 6.10 Å². The molecule has 4 heterocycles. The van der Waals surface area contributed by atoms with Gasteiger partial charge in [0.1, 0.15) is 12.2 Å². The second-order valence-corrected chi connectivity index (χ2v) is 7.54. The van der Waals surface area contributed by atoms with Crippen molar-refractivity contribution in [2.45, 2.75) is 44.7 Å².